The van der Waals surface area contributed by atoms with Crippen molar-refractivity contribution in [2.75, 3.05) is 13.2 Å². The largest absolute Gasteiger partial charge is 0.396 e. The van der Waals surface area contributed by atoms with Crippen molar-refractivity contribution in [1.82, 2.24) is 5.06 Å². The molecule has 1 saturated heterocycles. The third kappa shape index (κ3) is 4.62. The first-order valence-corrected chi connectivity index (χ1v) is 11.1. The number of nitrogens with zero attached hydrogens (tertiary/aromatic N) is 1. The zero-order valence-corrected chi connectivity index (χ0v) is 18.6. The van der Waals surface area contributed by atoms with Gasteiger partial charge in [0, 0.05) is 19.4 Å². The second kappa shape index (κ2) is 10.4. The number of hydrogen-bond donors (Lipinski definition) is 1. The average molecular weight is 459 g/mol. The van der Waals surface area contributed by atoms with Crippen molar-refractivity contribution >= 4 is 17.8 Å². The molecular weight excluding hydrogens is 434 g/mol. The summed E-state index contributed by atoms with van der Waals surface area (Å²) in [4.78, 5) is 41.1. The Morgan fingerprint density at radius 2 is 1.29 bits per heavy atom. The number of ether oxygens (including phenoxy) is 1. The minimum absolute atomic E-state index is 0.00161. The van der Waals surface area contributed by atoms with Gasteiger partial charge in [-0.05, 0) is 35.2 Å². The first-order chi connectivity index (χ1) is 16.6. The van der Waals surface area contributed by atoms with Crippen LogP contribution < -0.4 is 0 Å². The summed E-state index contributed by atoms with van der Waals surface area (Å²) in [7, 11) is 0. The fraction of sp³-hybridized carbons (Fsp3) is 0.222. The number of rotatable bonds is 9. The van der Waals surface area contributed by atoms with Gasteiger partial charge in [0.15, 0.2) is 0 Å². The Morgan fingerprint density at radius 1 is 0.794 bits per heavy atom. The van der Waals surface area contributed by atoms with E-state index in [0.29, 0.717) is 18.1 Å². The molecule has 34 heavy (non-hydrogen) atoms. The number of imide groups is 1. The molecule has 0 unspecified atom stereocenters. The van der Waals surface area contributed by atoms with Gasteiger partial charge in [-0.1, -0.05) is 72.8 Å². The SMILES string of the molecule is O=C(ON1C(=O)CCC1=O)c1ccc(C(OCCCO)(c2ccccc2)c2ccccc2)cc1. The zero-order valence-electron chi connectivity index (χ0n) is 18.6. The fourth-order valence-corrected chi connectivity index (χ4v) is 4.02. The normalized spacial score (nSPS) is 13.9. The van der Waals surface area contributed by atoms with Crippen LogP contribution in [0.5, 0.6) is 0 Å². The molecule has 0 bridgehead atoms. The molecule has 0 atom stereocenters. The van der Waals surface area contributed by atoms with Gasteiger partial charge in [-0.3, -0.25) is 9.59 Å². The first kappa shape index (κ1) is 23.4. The Hall–Kier alpha value is -3.81. The lowest BCUT2D eigenvalue weighted by atomic mass is 9.79. The standard InChI is InChI=1S/C27H25NO6/c29-18-7-19-33-27(21-8-3-1-4-9-21,22-10-5-2-6-11-22)23-14-12-20(13-15-23)26(32)34-28-24(30)16-17-25(28)31/h1-6,8-15,29H,7,16-19H2. The maximum absolute atomic E-state index is 12.6. The Kier molecular flexibility index (Phi) is 7.15. The van der Waals surface area contributed by atoms with E-state index in [-0.39, 0.29) is 25.0 Å². The van der Waals surface area contributed by atoms with E-state index in [0.717, 1.165) is 16.7 Å². The van der Waals surface area contributed by atoms with Crippen molar-refractivity contribution in [2.24, 2.45) is 0 Å². The fourth-order valence-electron chi connectivity index (χ4n) is 4.02. The number of carbonyl (C=O) groups is 3. The van der Waals surface area contributed by atoms with Crippen LogP contribution in [0.1, 0.15) is 46.3 Å². The summed E-state index contributed by atoms with van der Waals surface area (Å²) >= 11 is 0. The highest BCUT2D eigenvalue weighted by molar-refractivity contribution is 6.02. The Morgan fingerprint density at radius 3 is 1.79 bits per heavy atom. The maximum atomic E-state index is 12.6. The molecule has 0 aromatic heterocycles. The molecule has 4 rings (SSSR count). The van der Waals surface area contributed by atoms with Gasteiger partial charge >= 0.3 is 5.97 Å². The van der Waals surface area contributed by atoms with Crippen molar-refractivity contribution in [3.63, 3.8) is 0 Å². The number of amides is 2. The van der Waals surface area contributed by atoms with Gasteiger partial charge in [0.05, 0.1) is 12.2 Å². The Bertz CT molecular complexity index is 1090. The van der Waals surface area contributed by atoms with Gasteiger partial charge < -0.3 is 14.7 Å². The van der Waals surface area contributed by atoms with Gasteiger partial charge in [-0.15, -0.1) is 5.06 Å². The quantitative estimate of drug-likeness (QED) is 0.299. The highest BCUT2D eigenvalue weighted by Crippen LogP contribution is 2.40. The molecular formula is C27H25NO6. The van der Waals surface area contributed by atoms with Crippen LogP contribution >= 0.6 is 0 Å². The van der Waals surface area contributed by atoms with Gasteiger partial charge in [-0.2, -0.15) is 0 Å². The predicted octanol–water partition coefficient (Wildman–Crippen LogP) is 3.60. The van der Waals surface area contributed by atoms with Crippen molar-refractivity contribution in [3.8, 4) is 0 Å². The summed E-state index contributed by atoms with van der Waals surface area (Å²) < 4.78 is 6.49. The predicted molar refractivity (Wildman–Crippen MR) is 123 cm³/mol. The molecule has 1 N–H and O–H groups in total. The first-order valence-electron chi connectivity index (χ1n) is 11.1. The number of carbonyl (C=O) groups excluding carboxylic acids is 3. The van der Waals surface area contributed by atoms with Crippen LogP contribution in [0.2, 0.25) is 0 Å². The zero-order chi connectivity index (χ0) is 24.0. The molecule has 0 saturated carbocycles. The monoisotopic (exact) mass is 459 g/mol. The van der Waals surface area contributed by atoms with E-state index < -0.39 is 23.4 Å². The molecule has 1 heterocycles. The molecule has 1 fully saturated rings. The van der Waals surface area contributed by atoms with E-state index >= 15 is 0 Å². The van der Waals surface area contributed by atoms with Gasteiger partial charge in [0.1, 0.15) is 5.60 Å². The number of aliphatic hydroxyl groups excluding tert-OH is 1. The number of benzene rings is 3. The summed E-state index contributed by atoms with van der Waals surface area (Å²) in [5.41, 5.74) is 1.76. The summed E-state index contributed by atoms with van der Waals surface area (Å²) in [5, 5.41) is 9.88. The summed E-state index contributed by atoms with van der Waals surface area (Å²) in [5.74, 6) is -1.85. The number of hydrogen-bond acceptors (Lipinski definition) is 6. The van der Waals surface area contributed by atoms with Gasteiger partial charge in [0.2, 0.25) is 0 Å². The highest BCUT2D eigenvalue weighted by Gasteiger charge is 2.38. The van der Waals surface area contributed by atoms with E-state index in [9.17, 15) is 19.5 Å². The molecule has 0 aliphatic carbocycles. The third-order valence-corrected chi connectivity index (χ3v) is 5.69. The minimum atomic E-state index is -0.985. The average Bonchev–Trinajstić information content (AvgIpc) is 3.20. The van der Waals surface area contributed by atoms with Crippen LogP contribution in [0.25, 0.3) is 0 Å². The van der Waals surface area contributed by atoms with Crippen LogP contribution in [0.3, 0.4) is 0 Å². The minimum Gasteiger partial charge on any atom is -0.396 e. The van der Waals surface area contributed by atoms with E-state index in [1.807, 2.05) is 60.7 Å². The summed E-state index contributed by atoms with van der Waals surface area (Å²) in [6.45, 7) is 0.307. The molecule has 1 aliphatic heterocycles. The van der Waals surface area contributed by atoms with E-state index in [4.69, 9.17) is 9.57 Å². The molecule has 0 radical (unpaired) electrons. The second-order valence-corrected chi connectivity index (χ2v) is 7.88. The summed E-state index contributed by atoms with van der Waals surface area (Å²) in [6, 6.07) is 26.1. The van der Waals surface area contributed by atoms with E-state index in [1.165, 1.54) is 0 Å². The van der Waals surface area contributed by atoms with Crippen LogP contribution in [-0.4, -0.2) is 41.2 Å². The van der Waals surface area contributed by atoms with Crippen molar-refractivity contribution < 1.29 is 29.1 Å². The van der Waals surface area contributed by atoms with Gasteiger partial charge in [0.25, 0.3) is 11.8 Å². The molecule has 7 heteroatoms. The Balaban J connectivity index is 1.72. The van der Waals surface area contributed by atoms with Crippen molar-refractivity contribution in [1.29, 1.82) is 0 Å². The van der Waals surface area contributed by atoms with Crippen LogP contribution in [0, 0.1) is 0 Å². The maximum Gasteiger partial charge on any atom is 0.363 e. The van der Waals surface area contributed by atoms with E-state index in [1.54, 1.807) is 24.3 Å². The highest BCUT2D eigenvalue weighted by atomic mass is 16.7. The molecule has 0 spiro atoms. The smallest absolute Gasteiger partial charge is 0.363 e. The Labute approximate surface area is 197 Å². The second-order valence-electron chi connectivity index (χ2n) is 7.88. The lowest BCUT2D eigenvalue weighted by molar-refractivity contribution is -0.172. The third-order valence-electron chi connectivity index (χ3n) is 5.69. The van der Waals surface area contributed by atoms with Crippen LogP contribution in [0.15, 0.2) is 84.9 Å². The molecule has 174 valence electrons. The lowest BCUT2D eigenvalue weighted by Gasteiger charge is -2.36. The molecule has 3 aromatic rings. The van der Waals surface area contributed by atoms with E-state index in [2.05, 4.69) is 0 Å². The van der Waals surface area contributed by atoms with Crippen molar-refractivity contribution in [3.05, 3.63) is 107 Å². The van der Waals surface area contributed by atoms with Gasteiger partial charge in [-0.25, -0.2) is 4.79 Å². The number of hydroxylamine groups is 2. The number of aliphatic hydroxyl groups is 1. The topological polar surface area (TPSA) is 93.1 Å². The van der Waals surface area contributed by atoms with Crippen LogP contribution in [0.4, 0.5) is 0 Å². The molecule has 7 nitrogen and oxygen atoms in total. The van der Waals surface area contributed by atoms with Crippen molar-refractivity contribution in [2.45, 2.75) is 24.9 Å². The molecule has 3 aromatic carbocycles. The van der Waals surface area contributed by atoms with Crippen LogP contribution in [-0.2, 0) is 24.8 Å². The molecule has 1 aliphatic rings. The summed E-state index contributed by atoms with van der Waals surface area (Å²) in [6.07, 6.45) is 0.531. The molecule has 2 amide bonds. The lowest BCUT2D eigenvalue weighted by Crippen LogP contribution is -2.34.